The van der Waals surface area contributed by atoms with Gasteiger partial charge in [0.1, 0.15) is 5.82 Å². The molecule has 4 rings (SSSR count). The molecule has 1 N–H and O–H groups in total. The number of rotatable bonds is 6. The number of hydrogen-bond donors (Lipinski definition) is 1. The molecule has 148 valence electrons. The van der Waals surface area contributed by atoms with E-state index in [4.69, 9.17) is 0 Å². The van der Waals surface area contributed by atoms with Crippen molar-refractivity contribution in [2.24, 2.45) is 0 Å². The van der Waals surface area contributed by atoms with E-state index in [0.29, 0.717) is 5.82 Å². The number of aryl methyl sites for hydroxylation is 1. The summed E-state index contributed by atoms with van der Waals surface area (Å²) in [7, 11) is -3.94. The standard InChI is InChI=1S/C20H17FN4O2S2/c1-14-4-10-17(11-5-14)29(26,27)25-20(22-13-15-6-8-16(21)9-7-15)23-19(24-25)18-3-2-12-28-18/h2-12H,13H2,1H3,(H,22,23,24). The molecule has 0 amide bonds. The first-order valence-corrected chi connectivity index (χ1v) is 11.1. The Hall–Kier alpha value is -3.04. The van der Waals surface area contributed by atoms with Crippen LogP contribution in [0, 0.1) is 12.7 Å². The maximum atomic E-state index is 13.2. The monoisotopic (exact) mass is 428 g/mol. The Morgan fingerprint density at radius 1 is 1.07 bits per heavy atom. The molecule has 29 heavy (non-hydrogen) atoms. The van der Waals surface area contributed by atoms with Gasteiger partial charge >= 0.3 is 0 Å². The number of nitrogens with zero attached hydrogens (tertiary/aromatic N) is 3. The average Bonchev–Trinajstić information content (AvgIpc) is 3.38. The van der Waals surface area contributed by atoms with Crippen molar-refractivity contribution in [3.63, 3.8) is 0 Å². The fourth-order valence-electron chi connectivity index (χ4n) is 2.68. The number of aromatic nitrogens is 3. The first-order valence-electron chi connectivity index (χ1n) is 8.75. The van der Waals surface area contributed by atoms with Crippen molar-refractivity contribution in [3.8, 4) is 10.7 Å². The fourth-order valence-corrected chi connectivity index (χ4v) is 4.53. The fraction of sp³-hybridized carbons (Fsp3) is 0.100. The van der Waals surface area contributed by atoms with Crippen molar-refractivity contribution in [2.75, 3.05) is 5.32 Å². The van der Waals surface area contributed by atoms with Gasteiger partial charge in [-0.1, -0.05) is 35.9 Å². The van der Waals surface area contributed by atoms with Gasteiger partial charge in [-0.25, -0.2) is 4.39 Å². The molecule has 2 aromatic heterocycles. The lowest BCUT2D eigenvalue weighted by Gasteiger charge is -2.09. The van der Waals surface area contributed by atoms with E-state index in [1.54, 1.807) is 36.4 Å². The van der Waals surface area contributed by atoms with E-state index in [1.807, 2.05) is 24.4 Å². The van der Waals surface area contributed by atoms with Crippen LogP contribution in [0.3, 0.4) is 0 Å². The zero-order valence-corrected chi connectivity index (χ0v) is 17.0. The number of benzene rings is 2. The molecule has 6 nitrogen and oxygen atoms in total. The van der Waals surface area contributed by atoms with E-state index in [-0.39, 0.29) is 23.2 Å². The molecule has 0 atom stereocenters. The molecular weight excluding hydrogens is 411 g/mol. The highest BCUT2D eigenvalue weighted by Crippen LogP contribution is 2.26. The summed E-state index contributed by atoms with van der Waals surface area (Å²) < 4.78 is 40.4. The summed E-state index contributed by atoms with van der Waals surface area (Å²) in [5.74, 6) is 0.0782. The summed E-state index contributed by atoms with van der Waals surface area (Å²) in [6.07, 6.45) is 0. The average molecular weight is 429 g/mol. The molecule has 0 spiro atoms. The van der Waals surface area contributed by atoms with E-state index in [2.05, 4.69) is 15.4 Å². The van der Waals surface area contributed by atoms with Crippen LogP contribution in [-0.4, -0.2) is 22.6 Å². The Kier molecular flexibility index (Phi) is 5.16. The lowest BCUT2D eigenvalue weighted by Crippen LogP contribution is -2.18. The van der Waals surface area contributed by atoms with Crippen LogP contribution in [0.4, 0.5) is 10.3 Å². The van der Waals surface area contributed by atoms with E-state index in [0.717, 1.165) is 20.1 Å². The van der Waals surface area contributed by atoms with Crippen LogP contribution in [0.1, 0.15) is 11.1 Å². The lowest BCUT2D eigenvalue weighted by molar-refractivity contribution is 0.580. The molecular formula is C20H17FN4O2S2. The highest BCUT2D eigenvalue weighted by molar-refractivity contribution is 7.90. The Morgan fingerprint density at radius 2 is 1.79 bits per heavy atom. The zero-order valence-electron chi connectivity index (χ0n) is 15.4. The van der Waals surface area contributed by atoms with Gasteiger partial charge in [0, 0.05) is 6.54 Å². The van der Waals surface area contributed by atoms with E-state index in [1.165, 1.54) is 23.5 Å². The van der Waals surface area contributed by atoms with Crippen LogP contribution in [0.25, 0.3) is 10.7 Å². The Morgan fingerprint density at radius 3 is 2.45 bits per heavy atom. The molecule has 9 heteroatoms. The van der Waals surface area contributed by atoms with Crippen LogP contribution >= 0.6 is 11.3 Å². The van der Waals surface area contributed by atoms with Gasteiger partial charge in [0.25, 0.3) is 10.0 Å². The van der Waals surface area contributed by atoms with Crippen LogP contribution < -0.4 is 5.32 Å². The van der Waals surface area contributed by atoms with Crippen LogP contribution in [0.5, 0.6) is 0 Å². The molecule has 2 aromatic carbocycles. The third kappa shape index (κ3) is 4.06. The van der Waals surface area contributed by atoms with Crippen molar-refractivity contribution in [1.82, 2.24) is 14.2 Å². The first-order chi connectivity index (χ1) is 13.9. The molecule has 0 saturated heterocycles. The van der Waals surface area contributed by atoms with Gasteiger partial charge in [-0.2, -0.15) is 13.4 Å². The zero-order chi connectivity index (χ0) is 20.4. The summed E-state index contributed by atoms with van der Waals surface area (Å²) in [5, 5.41) is 9.14. The minimum atomic E-state index is -3.94. The summed E-state index contributed by atoms with van der Waals surface area (Å²) in [4.78, 5) is 5.27. The molecule has 0 saturated carbocycles. The quantitative estimate of drug-likeness (QED) is 0.495. The van der Waals surface area contributed by atoms with Crippen molar-refractivity contribution in [2.45, 2.75) is 18.4 Å². The smallest absolute Gasteiger partial charge is 0.286 e. The third-order valence-electron chi connectivity index (χ3n) is 4.23. The van der Waals surface area contributed by atoms with Crippen molar-refractivity contribution >= 4 is 27.3 Å². The van der Waals surface area contributed by atoms with Gasteiger partial charge in [-0.05, 0) is 48.2 Å². The van der Waals surface area contributed by atoms with E-state index >= 15 is 0 Å². The van der Waals surface area contributed by atoms with E-state index in [9.17, 15) is 12.8 Å². The van der Waals surface area contributed by atoms with Gasteiger partial charge < -0.3 is 5.32 Å². The third-order valence-corrected chi connectivity index (χ3v) is 6.67. The summed E-state index contributed by atoms with van der Waals surface area (Å²) in [6, 6.07) is 16.2. The summed E-state index contributed by atoms with van der Waals surface area (Å²) >= 11 is 1.42. The second-order valence-electron chi connectivity index (χ2n) is 6.38. The maximum Gasteiger partial charge on any atom is 0.286 e. The number of hydrogen-bond acceptors (Lipinski definition) is 6. The minimum absolute atomic E-state index is 0.0956. The molecule has 0 aliphatic heterocycles. The Labute approximate surface area is 171 Å². The Balaban J connectivity index is 1.73. The normalized spacial score (nSPS) is 11.5. The van der Waals surface area contributed by atoms with Gasteiger partial charge in [0.05, 0.1) is 9.77 Å². The number of thiophene rings is 1. The topological polar surface area (TPSA) is 76.9 Å². The molecule has 0 bridgehead atoms. The first kappa shape index (κ1) is 19.3. The second-order valence-corrected chi connectivity index (χ2v) is 9.09. The van der Waals surface area contributed by atoms with E-state index < -0.39 is 10.0 Å². The van der Waals surface area contributed by atoms with Crippen molar-refractivity contribution in [3.05, 3.63) is 83.0 Å². The Bertz CT molecular complexity index is 1220. The highest BCUT2D eigenvalue weighted by Gasteiger charge is 2.24. The van der Waals surface area contributed by atoms with Gasteiger partial charge in [0.15, 0.2) is 5.82 Å². The van der Waals surface area contributed by atoms with Crippen molar-refractivity contribution < 1.29 is 12.8 Å². The highest BCUT2D eigenvalue weighted by atomic mass is 32.2. The maximum absolute atomic E-state index is 13.2. The van der Waals surface area contributed by atoms with Crippen LogP contribution in [0.15, 0.2) is 70.9 Å². The second kappa shape index (κ2) is 7.76. The number of nitrogens with one attached hydrogen (secondary N) is 1. The van der Waals surface area contributed by atoms with Gasteiger partial charge in [0.2, 0.25) is 5.95 Å². The van der Waals surface area contributed by atoms with Gasteiger partial charge in [-0.3, -0.25) is 0 Å². The van der Waals surface area contributed by atoms with Crippen LogP contribution in [0.2, 0.25) is 0 Å². The predicted molar refractivity (Wildman–Crippen MR) is 111 cm³/mol. The summed E-state index contributed by atoms with van der Waals surface area (Å²) in [6.45, 7) is 2.16. The largest absolute Gasteiger partial charge is 0.349 e. The molecule has 0 radical (unpaired) electrons. The summed E-state index contributed by atoms with van der Waals surface area (Å²) in [5.41, 5.74) is 1.74. The SMILES string of the molecule is Cc1ccc(S(=O)(=O)n2nc(-c3cccs3)nc2NCc2ccc(F)cc2)cc1. The molecule has 0 aliphatic carbocycles. The lowest BCUT2D eigenvalue weighted by atomic mass is 10.2. The van der Waals surface area contributed by atoms with Crippen molar-refractivity contribution in [1.29, 1.82) is 0 Å². The predicted octanol–water partition coefficient (Wildman–Crippen LogP) is 4.30. The number of anilines is 1. The van der Waals surface area contributed by atoms with Crippen LogP contribution in [-0.2, 0) is 16.6 Å². The molecule has 0 aliphatic rings. The van der Waals surface area contributed by atoms with Gasteiger partial charge in [-0.15, -0.1) is 20.5 Å². The molecule has 0 unspecified atom stereocenters. The number of halogens is 1. The molecule has 4 aromatic rings. The molecule has 0 fully saturated rings. The molecule has 2 heterocycles. The minimum Gasteiger partial charge on any atom is -0.349 e.